The highest BCUT2D eigenvalue weighted by atomic mass is 35.5. The van der Waals surface area contributed by atoms with E-state index < -0.39 is 5.82 Å². The average molecular weight is 424 g/mol. The summed E-state index contributed by atoms with van der Waals surface area (Å²) in [5, 5.41) is 7.43. The van der Waals surface area contributed by atoms with Gasteiger partial charge >= 0.3 is 0 Å². The molecule has 0 aliphatic heterocycles. The van der Waals surface area contributed by atoms with Gasteiger partial charge in [0, 0.05) is 23.8 Å². The van der Waals surface area contributed by atoms with Gasteiger partial charge in [-0.25, -0.2) is 14.4 Å². The summed E-state index contributed by atoms with van der Waals surface area (Å²) in [6.07, 6.45) is 6.95. The van der Waals surface area contributed by atoms with E-state index in [0.717, 1.165) is 42.5 Å². The molecule has 2 aromatic heterocycles. The number of anilines is 1. The Morgan fingerprint density at radius 2 is 1.89 bits per heavy atom. The smallest absolute Gasteiger partial charge is 0.251 e. The number of halogens is 3. The van der Waals surface area contributed by atoms with Crippen LogP contribution >= 0.6 is 24.0 Å². The van der Waals surface area contributed by atoms with E-state index >= 15 is 0 Å². The van der Waals surface area contributed by atoms with Gasteiger partial charge in [-0.15, -0.1) is 12.4 Å². The molecule has 1 aliphatic rings. The maximum Gasteiger partial charge on any atom is 0.251 e. The molecule has 0 unspecified atom stereocenters. The van der Waals surface area contributed by atoms with Crippen molar-refractivity contribution in [3.8, 4) is 0 Å². The first kappa shape index (κ1) is 20.4. The van der Waals surface area contributed by atoms with Crippen LogP contribution in [0.4, 0.5) is 10.2 Å². The maximum absolute atomic E-state index is 13.2. The first-order valence-corrected chi connectivity index (χ1v) is 9.28. The third kappa shape index (κ3) is 4.36. The van der Waals surface area contributed by atoms with Crippen molar-refractivity contribution in [2.45, 2.75) is 37.8 Å². The minimum absolute atomic E-state index is 0. The molecule has 148 valence electrons. The minimum atomic E-state index is -0.527. The van der Waals surface area contributed by atoms with Crippen LogP contribution in [0.25, 0.3) is 11.0 Å². The number of fused-ring (bicyclic) bond motifs is 1. The number of rotatable bonds is 4. The van der Waals surface area contributed by atoms with E-state index in [0.29, 0.717) is 11.6 Å². The van der Waals surface area contributed by atoms with Crippen LogP contribution in [-0.2, 0) is 0 Å². The van der Waals surface area contributed by atoms with Crippen LogP contribution in [0.3, 0.4) is 0 Å². The zero-order valence-electron chi connectivity index (χ0n) is 14.9. The normalized spacial score (nSPS) is 19.1. The lowest BCUT2D eigenvalue weighted by atomic mass is 9.91. The second-order valence-corrected chi connectivity index (χ2v) is 7.16. The molecule has 1 aromatic carbocycles. The lowest BCUT2D eigenvalue weighted by Crippen LogP contribution is -2.40. The molecular weight excluding hydrogens is 404 g/mol. The quantitative estimate of drug-likeness (QED) is 0.583. The van der Waals surface area contributed by atoms with E-state index in [4.69, 9.17) is 11.6 Å². The van der Waals surface area contributed by atoms with Gasteiger partial charge in [0.2, 0.25) is 0 Å². The average Bonchev–Trinajstić information content (AvgIpc) is 3.15. The Bertz CT molecular complexity index is 972. The van der Waals surface area contributed by atoms with Gasteiger partial charge in [0.1, 0.15) is 23.6 Å². The molecule has 28 heavy (non-hydrogen) atoms. The molecule has 1 aliphatic carbocycles. The van der Waals surface area contributed by atoms with Gasteiger partial charge < -0.3 is 15.6 Å². The number of nitrogens with one attached hydrogen (secondary N) is 3. The van der Waals surface area contributed by atoms with Crippen LogP contribution in [0.1, 0.15) is 36.0 Å². The van der Waals surface area contributed by atoms with Crippen molar-refractivity contribution < 1.29 is 9.18 Å². The summed E-state index contributed by atoms with van der Waals surface area (Å²) in [5.41, 5.74) is 1.18. The van der Waals surface area contributed by atoms with Gasteiger partial charge in [0.05, 0.1) is 10.4 Å². The predicted octanol–water partition coefficient (Wildman–Crippen LogP) is 4.33. The van der Waals surface area contributed by atoms with Gasteiger partial charge in [0.15, 0.2) is 0 Å². The first-order valence-electron chi connectivity index (χ1n) is 8.90. The Hall–Kier alpha value is -2.38. The molecule has 0 spiro atoms. The summed E-state index contributed by atoms with van der Waals surface area (Å²) < 4.78 is 13.2. The Labute approximate surface area is 172 Å². The summed E-state index contributed by atoms with van der Waals surface area (Å²) in [5.74, 6) is 0.0777. The second kappa shape index (κ2) is 8.75. The summed E-state index contributed by atoms with van der Waals surface area (Å²) in [7, 11) is 0. The number of aromatic amines is 1. The highest BCUT2D eigenvalue weighted by Crippen LogP contribution is 2.25. The molecule has 6 nitrogen and oxygen atoms in total. The standard InChI is InChI=1S/C19H19ClFN5O.ClH/c20-15-9-11(1-6-16(15)21)19(27)26-13-4-2-12(3-5-13)25-18-14-7-8-22-17(14)23-10-24-18;/h1,6-10,12-13H,2-5H2,(H,26,27)(H2,22,23,24,25);1H. The summed E-state index contributed by atoms with van der Waals surface area (Å²) in [4.78, 5) is 23.9. The number of carbonyl (C=O) groups is 1. The topological polar surface area (TPSA) is 82.7 Å². The van der Waals surface area contributed by atoms with Crippen LogP contribution in [0.2, 0.25) is 5.02 Å². The van der Waals surface area contributed by atoms with Crippen LogP contribution in [-0.4, -0.2) is 32.9 Å². The number of H-pyrrole nitrogens is 1. The molecular formula is C19H20Cl2FN5O. The fraction of sp³-hybridized carbons (Fsp3) is 0.316. The van der Waals surface area contributed by atoms with Crippen molar-refractivity contribution in [3.63, 3.8) is 0 Å². The lowest BCUT2D eigenvalue weighted by Gasteiger charge is -2.30. The van der Waals surface area contributed by atoms with E-state index in [-0.39, 0.29) is 29.4 Å². The third-order valence-corrected chi connectivity index (χ3v) is 5.23. The Morgan fingerprint density at radius 1 is 1.14 bits per heavy atom. The molecule has 0 bridgehead atoms. The molecule has 3 aromatic rings. The van der Waals surface area contributed by atoms with Gasteiger partial charge in [-0.1, -0.05) is 11.6 Å². The second-order valence-electron chi connectivity index (χ2n) is 6.76. The van der Waals surface area contributed by atoms with Crippen LogP contribution in [0.15, 0.2) is 36.8 Å². The Kier molecular flexibility index (Phi) is 6.36. The van der Waals surface area contributed by atoms with Crippen LogP contribution in [0.5, 0.6) is 0 Å². The van der Waals surface area contributed by atoms with Crippen molar-refractivity contribution in [3.05, 3.63) is 53.2 Å². The molecule has 1 saturated carbocycles. The van der Waals surface area contributed by atoms with E-state index in [1.807, 2.05) is 12.3 Å². The number of carbonyl (C=O) groups excluding carboxylic acids is 1. The fourth-order valence-corrected chi connectivity index (χ4v) is 3.65. The Morgan fingerprint density at radius 3 is 2.64 bits per heavy atom. The molecule has 0 radical (unpaired) electrons. The zero-order chi connectivity index (χ0) is 18.8. The zero-order valence-corrected chi connectivity index (χ0v) is 16.5. The molecule has 0 saturated heterocycles. The van der Waals surface area contributed by atoms with Crippen molar-refractivity contribution in [1.82, 2.24) is 20.3 Å². The van der Waals surface area contributed by atoms with E-state index in [1.54, 1.807) is 6.33 Å². The summed E-state index contributed by atoms with van der Waals surface area (Å²) in [6, 6.07) is 6.36. The maximum atomic E-state index is 13.2. The van der Waals surface area contributed by atoms with E-state index in [9.17, 15) is 9.18 Å². The first-order chi connectivity index (χ1) is 13.1. The number of benzene rings is 1. The lowest BCUT2D eigenvalue weighted by molar-refractivity contribution is 0.0926. The van der Waals surface area contributed by atoms with Crippen LogP contribution in [0, 0.1) is 5.82 Å². The third-order valence-electron chi connectivity index (χ3n) is 4.94. The molecule has 3 N–H and O–H groups in total. The van der Waals surface area contributed by atoms with Crippen molar-refractivity contribution >= 4 is 46.8 Å². The van der Waals surface area contributed by atoms with E-state index in [1.165, 1.54) is 18.2 Å². The van der Waals surface area contributed by atoms with Crippen molar-refractivity contribution in [2.24, 2.45) is 0 Å². The Balaban J connectivity index is 0.00000225. The SMILES string of the molecule is Cl.O=C(NC1CCC(Nc2ncnc3[nH]ccc23)CC1)c1ccc(F)c(Cl)c1. The predicted molar refractivity (Wildman–Crippen MR) is 110 cm³/mol. The van der Waals surface area contributed by atoms with Gasteiger partial charge in [-0.2, -0.15) is 0 Å². The monoisotopic (exact) mass is 423 g/mol. The molecule has 1 amide bonds. The highest BCUT2D eigenvalue weighted by Gasteiger charge is 2.23. The van der Waals surface area contributed by atoms with Crippen molar-refractivity contribution in [2.75, 3.05) is 5.32 Å². The van der Waals surface area contributed by atoms with E-state index in [2.05, 4.69) is 25.6 Å². The number of aromatic nitrogens is 3. The number of hydrogen-bond donors (Lipinski definition) is 3. The number of nitrogens with zero attached hydrogens (tertiary/aromatic N) is 2. The largest absolute Gasteiger partial charge is 0.367 e. The summed E-state index contributed by atoms with van der Waals surface area (Å²) in [6.45, 7) is 0. The number of hydrogen-bond acceptors (Lipinski definition) is 4. The van der Waals surface area contributed by atoms with Gasteiger partial charge in [-0.3, -0.25) is 4.79 Å². The molecule has 2 heterocycles. The number of amides is 1. The summed E-state index contributed by atoms with van der Waals surface area (Å²) >= 11 is 5.75. The van der Waals surface area contributed by atoms with Gasteiger partial charge in [0.25, 0.3) is 5.91 Å². The van der Waals surface area contributed by atoms with Gasteiger partial charge in [-0.05, 0) is 49.9 Å². The highest BCUT2D eigenvalue weighted by molar-refractivity contribution is 6.31. The molecule has 4 rings (SSSR count). The minimum Gasteiger partial charge on any atom is -0.367 e. The molecule has 0 atom stereocenters. The van der Waals surface area contributed by atoms with Crippen molar-refractivity contribution in [1.29, 1.82) is 0 Å². The molecule has 1 fully saturated rings. The fourth-order valence-electron chi connectivity index (χ4n) is 3.47. The van der Waals surface area contributed by atoms with Crippen LogP contribution < -0.4 is 10.6 Å². The molecule has 9 heteroatoms.